The van der Waals surface area contributed by atoms with E-state index in [9.17, 15) is 4.79 Å². The highest BCUT2D eigenvalue weighted by Gasteiger charge is 2.14. The van der Waals surface area contributed by atoms with Crippen LogP contribution in [0.15, 0.2) is 24.3 Å². The van der Waals surface area contributed by atoms with Crippen LogP contribution in [0, 0.1) is 0 Å². The number of carbonyl (C=O) groups excluding carboxylic acids is 1. The highest BCUT2D eigenvalue weighted by molar-refractivity contribution is 5.77. The van der Waals surface area contributed by atoms with E-state index in [1.807, 2.05) is 31.2 Å². The molecule has 1 amide bonds. The van der Waals surface area contributed by atoms with Gasteiger partial charge in [0.05, 0.1) is 0 Å². The van der Waals surface area contributed by atoms with Gasteiger partial charge in [-0.2, -0.15) is 0 Å². The molecule has 116 valence electrons. The summed E-state index contributed by atoms with van der Waals surface area (Å²) in [6.45, 7) is 2.00. The Kier molecular flexibility index (Phi) is 6.05. The van der Waals surface area contributed by atoms with E-state index >= 15 is 0 Å². The molecular formula is C17H26N2O2. The van der Waals surface area contributed by atoms with Gasteiger partial charge in [-0.05, 0) is 37.5 Å². The molecule has 4 nitrogen and oxygen atoms in total. The normalized spacial score (nSPS) is 17.8. The maximum atomic E-state index is 12.0. The average Bonchev–Trinajstić information content (AvgIpc) is 2.74. The molecule has 1 unspecified atom stereocenters. The predicted molar refractivity (Wildman–Crippen MR) is 84.2 cm³/mol. The van der Waals surface area contributed by atoms with Gasteiger partial charge in [-0.3, -0.25) is 4.79 Å². The minimum absolute atomic E-state index is 0.0339. The van der Waals surface area contributed by atoms with E-state index in [1.54, 1.807) is 0 Å². The number of nitrogens with one attached hydrogen (secondary N) is 1. The minimum Gasteiger partial charge on any atom is -0.484 e. The van der Waals surface area contributed by atoms with E-state index < -0.39 is 0 Å². The zero-order chi connectivity index (χ0) is 15.1. The van der Waals surface area contributed by atoms with Crippen molar-refractivity contribution in [1.82, 2.24) is 5.32 Å². The van der Waals surface area contributed by atoms with Crippen LogP contribution in [0.1, 0.15) is 57.1 Å². The minimum atomic E-state index is -0.0342. The third kappa shape index (κ3) is 5.38. The van der Waals surface area contributed by atoms with Gasteiger partial charge < -0.3 is 15.8 Å². The van der Waals surface area contributed by atoms with Gasteiger partial charge in [-0.25, -0.2) is 0 Å². The van der Waals surface area contributed by atoms with Crippen LogP contribution >= 0.6 is 0 Å². The third-order valence-corrected chi connectivity index (χ3v) is 3.97. The first kappa shape index (κ1) is 15.8. The van der Waals surface area contributed by atoms with Gasteiger partial charge in [0.1, 0.15) is 5.75 Å². The molecule has 0 heterocycles. The quantitative estimate of drug-likeness (QED) is 0.820. The van der Waals surface area contributed by atoms with E-state index in [2.05, 4.69) is 5.32 Å². The Bertz CT molecular complexity index is 452. The van der Waals surface area contributed by atoms with Gasteiger partial charge in [0, 0.05) is 12.1 Å². The van der Waals surface area contributed by atoms with Crippen molar-refractivity contribution in [2.75, 3.05) is 6.61 Å². The molecule has 21 heavy (non-hydrogen) atoms. The summed E-state index contributed by atoms with van der Waals surface area (Å²) in [6, 6.07) is 7.89. The van der Waals surface area contributed by atoms with Crippen LogP contribution in [0.2, 0.25) is 0 Å². The fraction of sp³-hybridized carbons (Fsp3) is 0.588. The van der Waals surface area contributed by atoms with E-state index in [4.69, 9.17) is 10.5 Å². The van der Waals surface area contributed by atoms with E-state index in [-0.39, 0.29) is 18.6 Å². The van der Waals surface area contributed by atoms with Gasteiger partial charge in [-0.1, -0.05) is 37.8 Å². The molecule has 1 saturated carbocycles. The molecule has 0 radical (unpaired) electrons. The number of amides is 1. The molecular weight excluding hydrogens is 264 g/mol. The lowest BCUT2D eigenvalue weighted by Gasteiger charge is -2.16. The van der Waals surface area contributed by atoms with Gasteiger partial charge >= 0.3 is 0 Å². The van der Waals surface area contributed by atoms with Crippen molar-refractivity contribution in [3.05, 3.63) is 29.8 Å². The molecule has 1 fully saturated rings. The zero-order valence-corrected chi connectivity index (χ0v) is 12.8. The topological polar surface area (TPSA) is 64.3 Å². The SMILES string of the molecule is CC(N)c1cccc(OCC(=O)NC2CCCCCC2)c1. The summed E-state index contributed by atoms with van der Waals surface area (Å²) in [5.41, 5.74) is 6.85. The summed E-state index contributed by atoms with van der Waals surface area (Å²) in [4.78, 5) is 12.0. The molecule has 0 spiro atoms. The van der Waals surface area contributed by atoms with Crippen molar-refractivity contribution in [2.45, 2.75) is 57.5 Å². The first-order valence-corrected chi connectivity index (χ1v) is 7.93. The van der Waals surface area contributed by atoms with Crippen LogP contribution < -0.4 is 15.8 Å². The van der Waals surface area contributed by atoms with E-state index in [0.29, 0.717) is 11.8 Å². The second-order valence-corrected chi connectivity index (χ2v) is 5.91. The summed E-state index contributed by atoms with van der Waals surface area (Å²) in [5.74, 6) is 0.661. The molecule has 2 rings (SSSR count). The molecule has 4 heteroatoms. The summed E-state index contributed by atoms with van der Waals surface area (Å²) in [6.07, 6.45) is 7.17. The maximum absolute atomic E-state index is 12.0. The van der Waals surface area contributed by atoms with Crippen LogP contribution in [-0.4, -0.2) is 18.6 Å². The highest BCUT2D eigenvalue weighted by Crippen LogP contribution is 2.18. The molecule has 1 aliphatic rings. The molecule has 1 aromatic rings. The number of hydrogen-bond donors (Lipinski definition) is 2. The molecule has 1 aliphatic carbocycles. The Labute approximate surface area is 127 Å². The first-order chi connectivity index (χ1) is 10.1. The van der Waals surface area contributed by atoms with Crippen LogP contribution in [0.5, 0.6) is 5.75 Å². The summed E-state index contributed by atoms with van der Waals surface area (Å²) in [7, 11) is 0. The number of ether oxygens (including phenoxy) is 1. The number of nitrogens with two attached hydrogens (primary N) is 1. The third-order valence-electron chi connectivity index (χ3n) is 3.97. The average molecular weight is 290 g/mol. The molecule has 0 aliphatic heterocycles. The van der Waals surface area contributed by atoms with Gasteiger partial charge in [0.15, 0.2) is 6.61 Å². The van der Waals surface area contributed by atoms with Crippen LogP contribution in [0.4, 0.5) is 0 Å². The van der Waals surface area contributed by atoms with Crippen molar-refractivity contribution in [2.24, 2.45) is 5.73 Å². The fourth-order valence-electron chi connectivity index (χ4n) is 2.73. The largest absolute Gasteiger partial charge is 0.484 e. The van der Waals surface area contributed by atoms with Crippen molar-refractivity contribution in [3.63, 3.8) is 0 Å². The van der Waals surface area contributed by atoms with Crippen molar-refractivity contribution in [3.8, 4) is 5.75 Å². The van der Waals surface area contributed by atoms with Crippen molar-refractivity contribution >= 4 is 5.91 Å². The number of benzene rings is 1. The lowest BCUT2D eigenvalue weighted by Crippen LogP contribution is -2.37. The Morgan fingerprint density at radius 3 is 2.71 bits per heavy atom. The lowest BCUT2D eigenvalue weighted by atomic mass is 10.1. The molecule has 0 bridgehead atoms. The Morgan fingerprint density at radius 2 is 2.05 bits per heavy atom. The molecule has 3 N–H and O–H groups in total. The second kappa shape index (κ2) is 8.03. The maximum Gasteiger partial charge on any atom is 0.258 e. The van der Waals surface area contributed by atoms with Crippen molar-refractivity contribution < 1.29 is 9.53 Å². The number of hydrogen-bond acceptors (Lipinski definition) is 3. The Hall–Kier alpha value is -1.55. The Balaban J connectivity index is 1.79. The Morgan fingerprint density at radius 1 is 1.33 bits per heavy atom. The summed E-state index contributed by atoms with van der Waals surface area (Å²) >= 11 is 0. The monoisotopic (exact) mass is 290 g/mol. The van der Waals surface area contributed by atoms with Crippen LogP contribution in [-0.2, 0) is 4.79 Å². The second-order valence-electron chi connectivity index (χ2n) is 5.91. The number of carbonyl (C=O) groups is 1. The molecule has 0 saturated heterocycles. The first-order valence-electron chi connectivity index (χ1n) is 7.93. The fourth-order valence-corrected chi connectivity index (χ4v) is 2.73. The van der Waals surface area contributed by atoms with Crippen LogP contribution in [0.25, 0.3) is 0 Å². The summed E-state index contributed by atoms with van der Waals surface area (Å²) in [5, 5.41) is 3.08. The molecule has 0 aromatic heterocycles. The number of rotatable bonds is 5. The molecule has 1 atom stereocenters. The van der Waals surface area contributed by atoms with Gasteiger partial charge in [-0.15, -0.1) is 0 Å². The van der Waals surface area contributed by atoms with Crippen molar-refractivity contribution in [1.29, 1.82) is 0 Å². The zero-order valence-electron chi connectivity index (χ0n) is 12.8. The van der Waals surface area contributed by atoms with Crippen LogP contribution in [0.3, 0.4) is 0 Å². The van der Waals surface area contributed by atoms with Gasteiger partial charge in [0.2, 0.25) is 0 Å². The van der Waals surface area contributed by atoms with Gasteiger partial charge in [0.25, 0.3) is 5.91 Å². The highest BCUT2D eigenvalue weighted by atomic mass is 16.5. The molecule has 1 aromatic carbocycles. The summed E-state index contributed by atoms with van der Waals surface area (Å²) < 4.78 is 5.56. The smallest absolute Gasteiger partial charge is 0.258 e. The predicted octanol–water partition coefficient (Wildman–Crippen LogP) is 2.92. The lowest BCUT2D eigenvalue weighted by molar-refractivity contribution is -0.123. The standard InChI is InChI=1S/C17H26N2O2/c1-13(18)14-7-6-10-16(11-14)21-12-17(20)19-15-8-4-2-3-5-9-15/h6-7,10-11,13,15H,2-5,8-9,12,18H2,1H3,(H,19,20). The van der Waals surface area contributed by atoms with E-state index in [0.717, 1.165) is 18.4 Å². The van der Waals surface area contributed by atoms with E-state index in [1.165, 1.54) is 25.7 Å².